The fourth-order valence-electron chi connectivity index (χ4n) is 5.91. The minimum atomic E-state index is 0. The zero-order valence-corrected chi connectivity index (χ0v) is 27.3. The molecule has 46 heavy (non-hydrogen) atoms. The Bertz CT molecular complexity index is 2430. The molecule has 0 saturated heterocycles. The van der Waals surface area contributed by atoms with Gasteiger partial charge in [0.05, 0.1) is 11.0 Å². The molecule has 0 aliphatic carbocycles. The summed E-state index contributed by atoms with van der Waals surface area (Å²) in [7, 11) is 0. The number of pyridine rings is 2. The fourth-order valence-corrected chi connectivity index (χ4v) is 5.91. The Balaban J connectivity index is 0.000000204. The molecule has 1 radical (unpaired) electrons. The van der Waals surface area contributed by atoms with Crippen molar-refractivity contribution in [2.24, 2.45) is 0 Å². The van der Waals surface area contributed by atoms with Gasteiger partial charge in [-0.25, -0.2) is 0 Å². The van der Waals surface area contributed by atoms with Gasteiger partial charge in [-0.2, -0.15) is 0 Å². The van der Waals surface area contributed by atoms with Gasteiger partial charge in [0.1, 0.15) is 11.2 Å². The van der Waals surface area contributed by atoms with Gasteiger partial charge in [-0.3, -0.25) is 0 Å². The molecule has 0 aliphatic heterocycles. The van der Waals surface area contributed by atoms with Crippen LogP contribution < -0.4 is 0 Å². The minimum Gasteiger partial charge on any atom is -0.456 e. The maximum atomic E-state index is 6.21. The maximum absolute atomic E-state index is 6.21. The van der Waals surface area contributed by atoms with E-state index < -0.39 is 0 Å². The van der Waals surface area contributed by atoms with Crippen molar-refractivity contribution < 1.29 is 24.5 Å². The number of aryl methyl sites for hydroxylation is 1. The van der Waals surface area contributed by atoms with Gasteiger partial charge in [-0.05, 0) is 53.8 Å². The van der Waals surface area contributed by atoms with Crippen molar-refractivity contribution in [3.05, 3.63) is 164 Å². The van der Waals surface area contributed by atoms with Gasteiger partial charge in [0.25, 0.3) is 0 Å². The van der Waals surface area contributed by atoms with Gasteiger partial charge >= 0.3 is 0 Å². The summed E-state index contributed by atoms with van der Waals surface area (Å²) in [4.78, 5) is 8.82. The summed E-state index contributed by atoms with van der Waals surface area (Å²) >= 11 is 0. The molecule has 5 aromatic carbocycles. The number of aromatic nitrogens is 3. The number of para-hydroxylation sites is 2. The smallest absolute Gasteiger partial charge is 0.137 e. The van der Waals surface area contributed by atoms with Crippen LogP contribution in [0.2, 0.25) is 0 Å². The zero-order chi connectivity index (χ0) is 30.2. The number of nitrogens with zero attached hydrogens (tertiary/aromatic N) is 3. The molecule has 4 aromatic heterocycles. The second kappa shape index (κ2) is 12.6. The van der Waals surface area contributed by atoms with Crippen LogP contribution in [0.1, 0.15) is 5.56 Å². The molecule has 4 nitrogen and oxygen atoms in total. The second-order valence-corrected chi connectivity index (χ2v) is 11.0. The maximum Gasteiger partial charge on any atom is 0.137 e. The molecular formula is C41H27IrN3O-2. The summed E-state index contributed by atoms with van der Waals surface area (Å²) < 4.78 is 8.51. The van der Waals surface area contributed by atoms with E-state index in [0.29, 0.717) is 0 Å². The standard InChI is InChI=1S/C29H17N2O.C12H10N.Ir/c1-3-13-26-21(10-1)23-17-24-22-11-2-4-14-28(22)32-29(24)18-27(23)31(26)20-9-7-8-19(16-20)25-12-5-6-15-30-25;1-10-7-8-12(13-9-10)11-5-3-2-4-6-11;/h1-7,9-18H;2-5,7-9H,1H3;/q2*-1;. The average Bonchev–Trinajstić information content (AvgIpc) is 3.63. The molecule has 4 heterocycles. The molecular weight excluding hydrogens is 743 g/mol. The van der Waals surface area contributed by atoms with Crippen molar-refractivity contribution in [1.29, 1.82) is 0 Å². The number of hydrogen-bond acceptors (Lipinski definition) is 3. The molecule has 0 bridgehead atoms. The molecule has 0 unspecified atom stereocenters. The van der Waals surface area contributed by atoms with Crippen LogP contribution in [0.3, 0.4) is 0 Å². The number of fused-ring (bicyclic) bond motifs is 6. The third-order valence-electron chi connectivity index (χ3n) is 8.05. The number of rotatable bonds is 3. The number of furan rings is 1. The van der Waals surface area contributed by atoms with Crippen LogP contribution in [0.4, 0.5) is 0 Å². The molecule has 9 aromatic rings. The molecule has 0 amide bonds. The Kier molecular flexibility index (Phi) is 8.02. The molecule has 0 fully saturated rings. The quantitative estimate of drug-likeness (QED) is 0.168. The largest absolute Gasteiger partial charge is 0.456 e. The van der Waals surface area contributed by atoms with Gasteiger partial charge in [-0.1, -0.05) is 60.7 Å². The summed E-state index contributed by atoms with van der Waals surface area (Å²) in [5, 5.41) is 4.73. The monoisotopic (exact) mass is 770 g/mol. The van der Waals surface area contributed by atoms with Gasteiger partial charge in [-0.15, -0.1) is 65.7 Å². The summed E-state index contributed by atoms with van der Waals surface area (Å²) in [6.07, 6.45) is 3.69. The van der Waals surface area contributed by atoms with E-state index in [4.69, 9.17) is 4.42 Å². The Morgan fingerprint density at radius 1 is 0.565 bits per heavy atom. The van der Waals surface area contributed by atoms with Crippen LogP contribution in [-0.4, -0.2) is 14.5 Å². The first kappa shape index (κ1) is 29.4. The predicted octanol–water partition coefficient (Wildman–Crippen LogP) is 10.4. The van der Waals surface area contributed by atoms with E-state index in [1.54, 1.807) is 0 Å². The molecule has 223 valence electrons. The average molecular weight is 770 g/mol. The first-order valence-corrected chi connectivity index (χ1v) is 14.9. The molecule has 0 N–H and O–H groups in total. The van der Waals surface area contributed by atoms with Crippen LogP contribution in [0.15, 0.2) is 150 Å². The van der Waals surface area contributed by atoms with Gasteiger partial charge in [0.2, 0.25) is 0 Å². The van der Waals surface area contributed by atoms with Crippen molar-refractivity contribution in [3.63, 3.8) is 0 Å². The van der Waals surface area contributed by atoms with Crippen LogP contribution in [-0.2, 0) is 20.1 Å². The van der Waals surface area contributed by atoms with Crippen LogP contribution >= 0.6 is 0 Å². The third kappa shape index (κ3) is 5.41. The van der Waals surface area contributed by atoms with Crippen molar-refractivity contribution >= 4 is 43.7 Å². The van der Waals surface area contributed by atoms with E-state index in [-0.39, 0.29) is 20.1 Å². The van der Waals surface area contributed by atoms with E-state index in [0.717, 1.165) is 61.2 Å². The summed E-state index contributed by atoms with van der Waals surface area (Å²) in [6, 6.07) is 51.8. The van der Waals surface area contributed by atoms with Gasteiger partial charge < -0.3 is 19.0 Å². The Morgan fingerprint density at radius 2 is 1.35 bits per heavy atom. The SMILES string of the molecule is Cc1ccc(-c2[c-]cccc2)nc1.[Ir].[c-]1ccc(-n2c3ccccc3c3cc4c(cc32)oc2ccccc24)cc1-c1ccccn1. The van der Waals surface area contributed by atoms with Crippen LogP contribution in [0.25, 0.3) is 71.9 Å². The van der Waals surface area contributed by atoms with E-state index in [1.807, 2.05) is 86.0 Å². The van der Waals surface area contributed by atoms with E-state index in [1.165, 1.54) is 16.3 Å². The molecule has 5 heteroatoms. The van der Waals surface area contributed by atoms with Crippen LogP contribution in [0.5, 0.6) is 0 Å². The Labute approximate surface area is 280 Å². The predicted molar refractivity (Wildman–Crippen MR) is 183 cm³/mol. The van der Waals surface area contributed by atoms with Crippen molar-refractivity contribution in [3.8, 4) is 28.2 Å². The number of benzene rings is 5. The van der Waals surface area contributed by atoms with Crippen molar-refractivity contribution in [2.45, 2.75) is 6.92 Å². The van der Waals surface area contributed by atoms with Crippen molar-refractivity contribution in [2.75, 3.05) is 0 Å². The summed E-state index contributed by atoms with van der Waals surface area (Å²) in [5.74, 6) is 0. The van der Waals surface area contributed by atoms with Crippen LogP contribution in [0, 0.1) is 19.1 Å². The fraction of sp³-hybridized carbons (Fsp3) is 0.0244. The Hall–Kier alpha value is -5.35. The molecule has 0 atom stereocenters. The molecule has 0 saturated carbocycles. The van der Waals surface area contributed by atoms with E-state index >= 15 is 0 Å². The zero-order valence-electron chi connectivity index (χ0n) is 24.9. The summed E-state index contributed by atoms with van der Waals surface area (Å²) in [5.41, 5.74) is 10.3. The normalized spacial score (nSPS) is 11.0. The number of hydrogen-bond donors (Lipinski definition) is 0. The second-order valence-electron chi connectivity index (χ2n) is 11.0. The van der Waals surface area contributed by atoms with Gasteiger partial charge in [0, 0.05) is 60.1 Å². The minimum absolute atomic E-state index is 0. The molecule has 9 rings (SSSR count). The van der Waals surface area contributed by atoms with Crippen molar-refractivity contribution in [1.82, 2.24) is 14.5 Å². The summed E-state index contributed by atoms with van der Waals surface area (Å²) in [6.45, 7) is 2.03. The first-order valence-electron chi connectivity index (χ1n) is 14.9. The van der Waals surface area contributed by atoms with E-state index in [2.05, 4.69) is 93.4 Å². The first-order chi connectivity index (χ1) is 22.2. The van der Waals surface area contributed by atoms with E-state index in [9.17, 15) is 0 Å². The third-order valence-corrected chi connectivity index (χ3v) is 8.05. The Morgan fingerprint density at radius 3 is 2.15 bits per heavy atom. The topological polar surface area (TPSA) is 43.9 Å². The molecule has 0 spiro atoms. The van der Waals surface area contributed by atoms with Gasteiger partial charge in [0.15, 0.2) is 0 Å². The molecule has 0 aliphatic rings.